The van der Waals surface area contributed by atoms with Crippen LogP contribution >= 0.6 is 0 Å². The summed E-state index contributed by atoms with van der Waals surface area (Å²) in [5.74, 6) is 0.820. The lowest BCUT2D eigenvalue weighted by molar-refractivity contribution is 0.0538. The van der Waals surface area contributed by atoms with Crippen molar-refractivity contribution in [3.8, 4) is 0 Å². The maximum Gasteiger partial charge on any atom is 0.149 e. The van der Waals surface area contributed by atoms with Crippen molar-refractivity contribution in [2.75, 3.05) is 18.5 Å². The minimum Gasteiger partial charge on any atom is -0.379 e. The van der Waals surface area contributed by atoms with Crippen LogP contribution in [-0.4, -0.2) is 29.0 Å². The Kier molecular flexibility index (Phi) is 2.63. The molecule has 0 aliphatic carbocycles. The Morgan fingerprint density at radius 3 is 3.14 bits per heavy atom. The molecule has 1 aliphatic rings. The Balaban J connectivity index is 2.02. The van der Waals surface area contributed by atoms with E-state index in [-0.39, 0.29) is 5.54 Å². The first-order valence-corrected chi connectivity index (χ1v) is 4.92. The molecule has 1 aliphatic heterocycles. The van der Waals surface area contributed by atoms with Crippen LogP contribution in [0.3, 0.4) is 0 Å². The van der Waals surface area contributed by atoms with Gasteiger partial charge in [0, 0.05) is 12.8 Å². The first kappa shape index (κ1) is 9.40. The van der Waals surface area contributed by atoms with E-state index >= 15 is 0 Å². The topological polar surface area (TPSA) is 47.0 Å². The molecule has 4 nitrogen and oxygen atoms in total. The van der Waals surface area contributed by atoms with Crippen LogP contribution in [0.25, 0.3) is 0 Å². The lowest BCUT2D eigenvalue weighted by atomic mass is 9.95. The predicted octanol–water partition coefficient (Wildman–Crippen LogP) is 1.46. The van der Waals surface area contributed by atoms with E-state index < -0.39 is 0 Å². The third-order valence-corrected chi connectivity index (χ3v) is 2.44. The lowest BCUT2D eigenvalue weighted by Crippen LogP contribution is -2.43. The Morgan fingerprint density at radius 2 is 2.50 bits per heavy atom. The summed E-state index contributed by atoms with van der Waals surface area (Å²) >= 11 is 0. The van der Waals surface area contributed by atoms with Crippen molar-refractivity contribution in [1.29, 1.82) is 0 Å². The largest absolute Gasteiger partial charge is 0.379 e. The van der Waals surface area contributed by atoms with Crippen molar-refractivity contribution in [2.45, 2.75) is 25.3 Å². The van der Waals surface area contributed by atoms with E-state index in [1.54, 1.807) is 6.20 Å². The van der Waals surface area contributed by atoms with Gasteiger partial charge < -0.3 is 10.1 Å². The van der Waals surface area contributed by atoms with Gasteiger partial charge in [0.15, 0.2) is 0 Å². The molecule has 0 amide bonds. The molecule has 0 radical (unpaired) electrons. The van der Waals surface area contributed by atoms with Crippen molar-refractivity contribution in [3.05, 3.63) is 18.3 Å². The molecule has 2 rings (SSSR count). The average Bonchev–Trinajstić information content (AvgIpc) is 2.19. The van der Waals surface area contributed by atoms with Crippen LogP contribution in [0.1, 0.15) is 19.8 Å². The monoisotopic (exact) mass is 193 g/mol. The maximum absolute atomic E-state index is 5.45. The van der Waals surface area contributed by atoms with E-state index in [0.717, 1.165) is 31.9 Å². The highest BCUT2D eigenvalue weighted by Crippen LogP contribution is 2.22. The van der Waals surface area contributed by atoms with Crippen molar-refractivity contribution in [3.63, 3.8) is 0 Å². The molecule has 0 bridgehead atoms. The normalized spacial score (nSPS) is 27.2. The summed E-state index contributed by atoms with van der Waals surface area (Å²) in [7, 11) is 0. The van der Waals surface area contributed by atoms with Crippen LogP contribution in [0.4, 0.5) is 5.82 Å². The minimum absolute atomic E-state index is 0.00822. The minimum atomic E-state index is 0.00822. The van der Waals surface area contributed by atoms with Crippen LogP contribution in [0.2, 0.25) is 0 Å². The molecule has 0 spiro atoms. The molecule has 1 atom stereocenters. The molecule has 1 fully saturated rings. The summed E-state index contributed by atoms with van der Waals surface area (Å²) in [6, 6.07) is 3.80. The number of rotatable bonds is 2. The number of nitrogens with zero attached hydrogens (tertiary/aromatic N) is 2. The molecule has 14 heavy (non-hydrogen) atoms. The fraction of sp³-hybridized carbons (Fsp3) is 0.600. The number of hydrogen-bond donors (Lipinski definition) is 1. The zero-order valence-electron chi connectivity index (χ0n) is 8.36. The second-order valence-corrected chi connectivity index (χ2v) is 3.95. The molecular weight excluding hydrogens is 178 g/mol. The van der Waals surface area contributed by atoms with Crippen molar-refractivity contribution in [2.24, 2.45) is 0 Å². The van der Waals surface area contributed by atoms with E-state index in [4.69, 9.17) is 4.74 Å². The van der Waals surface area contributed by atoms with Gasteiger partial charge in [-0.3, -0.25) is 0 Å². The van der Waals surface area contributed by atoms with Crippen molar-refractivity contribution in [1.82, 2.24) is 10.2 Å². The Bertz CT molecular complexity index is 283. The van der Waals surface area contributed by atoms with Gasteiger partial charge in [0.05, 0.1) is 12.1 Å². The quantitative estimate of drug-likeness (QED) is 0.772. The molecule has 76 valence electrons. The number of aromatic nitrogens is 2. The molecule has 1 saturated heterocycles. The summed E-state index contributed by atoms with van der Waals surface area (Å²) in [6.07, 6.45) is 3.89. The zero-order chi connectivity index (χ0) is 9.86. The average molecular weight is 193 g/mol. The summed E-state index contributed by atoms with van der Waals surface area (Å²) in [5, 5.41) is 11.2. The van der Waals surface area contributed by atoms with Gasteiger partial charge in [0.2, 0.25) is 0 Å². The Morgan fingerprint density at radius 1 is 1.57 bits per heavy atom. The first-order valence-electron chi connectivity index (χ1n) is 4.92. The molecular formula is C10H15N3O. The molecule has 1 N–H and O–H groups in total. The van der Waals surface area contributed by atoms with E-state index in [0.29, 0.717) is 0 Å². The molecule has 2 heterocycles. The van der Waals surface area contributed by atoms with E-state index in [9.17, 15) is 0 Å². The zero-order valence-corrected chi connectivity index (χ0v) is 8.36. The van der Waals surface area contributed by atoms with E-state index in [1.807, 2.05) is 12.1 Å². The lowest BCUT2D eigenvalue weighted by Gasteiger charge is -2.34. The highest BCUT2D eigenvalue weighted by molar-refractivity contribution is 5.35. The van der Waals surface area contributed by atoms with Gasteiger partial charge in [-0.1, -0.05) is 0 Å². The Hall–Kier alpha value is -1.16. The number of ether oxygens (including phenoxy) is 1. The van der Waals surface area contributed by atoms with Crippen molar-refractivity contribution < 1.29 is 4.74 Å². The second kappa shape index (κ2) is 3.92. The van der Waals surface area contributed by atoms with Gasteiger partial charge in [-0.15, -0.1) is 5.10 Å². The van der Waals surface area contributed by atoms with E-state index in [2.05, 4.69) is 22.4 Å². The molecule has 0 aromatic carbocycles. The van der Waals surface area contributed by atoms with Gasteiger partial charge in [0.1, 0.15) is 5.82 Å². The van der Waals surface area contributed by atoms with Gasteiger partial charge >= 0.3 is 0 Å². The second-order valence-electron chi connectivity index (χ2n) is 3.95. The summed E-state index contributed by atoms with van der Waals surface area (Å²) < 4.78 is 5.45. The van der Waals surface area contributed by atoms with Gasteiger partial charge in [-0.2, -0.15) is 5.10 Å². The highest BCUT2D eigenvalue weighted by Gasteiger charge is 2.27. The maximum atomic E-state index is 5.45. The van der Waals surface area contributed by atoms with Crippen LogP contribution < -0.4 is 5.32 Å². The van der Waals surface area contributed by atoms with Crippen LogP contribution in [0, 0.1) is 0 Å². The van der Waals surface area contributed by atoms with Gasteiger partial charge in [-0.25, -0.2) is 0 Å². The predicted molar refractivity (Wildman–Crippen MR) is 54.1 cm³/mol. The Labute approximate surface area is 83.7 Å². The van der Waals surface area contributed by atoms with Crippen LogP contribution in [-0.2, 0) is 4.74 Å². The van der Waals surface area contributed by atoms with Crippen LogP contribution in [0.15, 0.2) is 18.3 Å². The number of nitrogens with one attached hydrogen (secondary N) is 1. The highest BCUT2D eigenvalue weighted by atomic mass is 16.5. The van der Waals surface area contributed by atoms with Gasteiger partial charge in [0.25, 0.3) is 0 Å². The third kappa shape index (κ3) is 2.20. The summed E-state index contributed by atoms with van der Waals surface area (Å²) in [4.78, 5) is 0. The fourth-order valence-corrected chi connectivity index (χ4v) is 1.71. The van der Waals surface area contributed by atoms with Crippen molar-refractivity contribution >= 4 is 5.82 Å². The molecule has 4 heteroatoms. The molecule has 1 aromatic heterocycles. The molecule has 0 saturated carbocycles. The smallest absolute Gasteiger partial charge is 0.149 e. The fourth-order valence-electron chi connectivity index (χ4n) is 1.71. The summed E-state index contributed by atoms with van der Waals surface area (Å²) in [5.41, 5.74) is 0.00822. The molecule has 1 aromatic rings. The first-order chi connectivity index (χ1) is 6.79. The third-order valence-electron chi connectivity index (χ3n) is 2.44. The SMILES string of the molecule is CC1(Nc2cccnn2)CCCOC1. The van der Waals surface area contributed by atoms with E-state index in [1.165, 1.54) is 0 Å². The van der Waals surface area contributed by atoms with Crippen LogP contribution in [0.5, 0.6) is 0 Å². The van der Waals surface area contributed by atoms with Gasteiger partial charge in [-0.05, 0) is 31.9 Å². The number of hydrogen-bond acceptors (Lipinski definition) is 4. The number of anilines is 1. The summed E-state index contributed by atoms with van der Waals surface area (Å²) in [6.45, 7) is 3.77. The standard InChI is InChI=1S/C10H15N3O/c1-10(5-3-7-14-8-10)12-9-4-2-6-11-13-9/h2,4,6H,3,5,7-8H2,1H3,(H,12,13). The molecule has 1 unspecified atom stereocenters.